The smallest absolute Gasteiger partial charge is 0.272 e. The summed E-state index contributed by atoms with van der Waals surface area (Å²) in [5.41, 5.74) is 6.36. The van der Waals surface area contributed by atoms with Gasteiger partial charge in [0.2, 0.25) is 0 Å². The van der Waals surface area contributed by atoms with Crippen LogP contribution in [0.15, 0.2) is 12.5 Å². The summed E-state index contributed by atoms with van der Waals surface area (Å²) < 4.78 is 1.73. The predicted octanol–water partition coefficient (Wildman–Crippen LogP) is -0.407. The Labute approximate surface area is 82.5 Å². The molecule has 0 bridgehead atoms. The highest BCUT2D eigenvalue weighted by atomic mass is 16.2. The van der Waals surface area contributed by atoms with Crippen LogP contribution in [-0.4, -0.2) is 39.5 Å². The number of hydrogen-bond acceptors (Lipinski definition) is 3. The van der Waals surface area contributed by atoms with Crippen molar-refractivity contribution >= 4 is 5.91 Å². The standard InChI is InChI=1S/C9H14N4O/c1-12-6-11-4-8(12)9(14)13-3-2-7(10)5-13/h4,6-7H,2-3,5,10H2,1H3/t7-/m1/s1. The Morgan fingerprint density at radius 3 is 3.00 bits per heavy atom. The van der Waals surface area contributed by atoms with E-state index in [1.54, 1.807) is 22.0 Å². The van der Waals surface area contributed by atoms with Crippen LogP contribution in [0.3, 0.4) is 0 Å². The van der Waals surface area contributed by atoms with E-state index in [9.17, 15) is 4.79 Å². The van der Waals surface area contributed by atoms with Gasteiger partial charge in [0.15, 0.2) is 0 Å². The first-order valence-corrected chi connectivity index (χ1v) is 4.69. The van der Waals surface area contributed by atoms with Crippen molar-refractivity contribution in [3.63, 3.8) is 0 Å². The highest BCUT2D eigenvalue weighted by molar-refractivity contribution is 5.92. The predicted molar refractivity (Wildman–Crippen MR) is 51.7 cm³/mol. The van der Waals surface area contributed by atoms with Gasteiger partial charge in [0.1, 0.15) is 5.69 Å². The second-order valence-electron chi connectivity index (χ2n) is 3.69. The molecule has 1 fully saturated rings. The molecule has 0 spiro atoms. The minimum Gasteiger partial charge on any atom is -0.336 e. The first-order chi connectivity index (χ1) is 6.68. The van der Waals surface area contributed by atoms with Gasteiger partial charge in [0, 0.05) is 26.2 Å². The monoisotopic (exact) mass is 194 g/mol. The lowest BCUT2D eigenvalue weighted by atomic mass is 10.3. The number of carbonyl (C=O) groups excluding carboxylic acids is 1. The zero-order valence-corrected chi connectivity index (χ0v) is 8.18. The number of nitrogens with two attached hydrogens (primary N) is 1. The molecule has 0 aliphatic carbocycles. The SMILES string of the molecule is Cn1cncc1C(=O)N1CC[C@@H](N)C1. The molecule has 1 aliphatic rings. The number of nitrogens with zero attached hydrogens (tertiary/aromatic N) is 3. The van der Waals surface area contributed by atoms with Gasteiger partial charge in [-0.1, -0.05) is 0 Å². The van der Waals surface area contributed by atoms with Crippen molar-refractivity contribution in [1.29, 1.82) is 0 Å². The van der Waals surface area contributed by atoms with Crippen molar-refractivity contribution in [1.82, 2.24) is 14.5 Å². The Hall–Kier alpha value is -1.36. The Kier molecular flexibility index (Phi) is 2.25. The topological polar surface area (TPSA) is 64.2 Å². The van der Waals surface area contributed by atoms with E-state index in [1.165, 1.54) is 0 Å². The molecule has 2 N–H and O–H groups in total. The molecule has 1 aromatic rings. The van der Waals surface area contributed by atoms with Gasteiger partial charge >= 0.3 is 0 Å². The van der Waals surface area contributed by atoms with Crippen molar-refractivity contribution in [3.05, 3.63) is 18.2 Å². The van der Waals surface area contributed by atoms with Gasteiger partial charge in [-0.05, 0) is 6.42 Å². The molecule has 2 rings (SSSR count). The van der Waals surface area contributed by atoms with Gasteiger partial charge in [-0.15, -0.1) is 0 Å². The van der Waals surface area contributed by atoms with E-state index >= 15 is 0 Å². The van der Waals surface area contributed by atoms with Gasteiger partial charge in [-0.3, -0.25) is 4.79 Å². The summed E-state index contributed by atoms with van der Waals surface area (Å²) in [4.78, 5) is 17.6. The largest absolute Gasteiger partial charge is 0.336 e. The third kappa shape index (κ3) is 1.50. The molecule has 0 aromatic carbocycles. The maximum absolute atomic E-state index is 11.9. The molecule has 1 aromatic heterocycles. The second-order valence-corrected chi connectivity index (χ2v) is 3.69. The molecule has 5 nitrogen and oxygen atoms in total. The number of likely N-dealkylation sites (tertiary alicyclic amines) is 1. The highest BCUT2D eigenvalue weighted by Gasteiger charge is 2.25. The van der Waals surface area contributed by atoms with Gasteiger partial charge in [0.25, 0.3) is 5.91 Å². The van der Waals surface area contributed by atoms with E-state index in [0.29, 0.717) is 12.2 Å². The number of aromatic nitrogens is 2. The summed E-state index contributed by atoms with van der Waals surface area (Å²) in [7, 11) is 1.82. The molecule has 0 unspecified atom stereocenters. The fraction of sp³-hybridized carbons (Fsp3) is 0.556. The molecule has 0 radical (unpaired) electrons. The van der Waals surface area contributed by atoms with E-state index in [1.807, 2.05) is 7.05 Å². The number of imidazole rings is 1. The highest BCUT2D eigenvalue weighted by Crippen LogP contribution is 2.11. The van der Waals surface area contributed by atoms with Crippen LogP contribution in [0.4, 0.5) is 0 Å². The average molecular weight is 194 g/mol. The number of rotatable bonds is 1. The van der Waals surface area contributed by atoms with E-state index in [2.05, 4.69) is 4.98 Å². The molecule has 1 amide bonds. The molecule has 14 heavy (non-hydrogen) atoms. The van der Waals surface area contributed by atoms with Crippen LogP contribution in [0.5, 0.6) is 0 Å². The summed E-state index contributed by atoms with van der Waals surface area (Å²) in [6.07, 6.45) is 4.11. The molecule has 2 heterocycles. The number of carbonyl (C=O) groups is 1. The maximum Gasteiger partial charge on any atom is 0.272 e. The quantitative estimate of drug-likeness (QED) is 0.661. The van der Waals surface area contributed by atoms with Crippen LogP contribution < -0.4 is 5.73 Å². The summed E-state index contributed by atoms with van der Waals surface area (Å²) >= 11 is 0. The molecule has 5 heteroatoms. The van der Waals surface area contributed by atoms with Crippen LogP contribution in [0, 0.1) is 0 Å². The van der Waals surface area contributed by atoms with Crippen LogP contribution in [0.25, 0.3) is 0 Å². The average Bonchev–Trinajstić information content (AvgIpc) is 2.73. The summed E-state index contributed by atoms with van der Waals surface area (Å²) in [5, 5.41) is 0. The third-order valence-corrected chi connectivity index (χ3v) is 2.55. The Morgan fingerprint density at radius 1 is 1.71 bits per heavy atom. The minimum atomic E-state index is 0.0259. The van der Waals surface area contributed by atoms with Crippen LogP contribution >= 0.6 is 0 Å². The third-order valence-electron chi connectivity index (χ3n) is 2.55. The number of aryl methyl sites for hydroxylation is 1. The van der Waals surface area contributed by atoms with E-state index in [0.717, 1.165) is 13.0 Å². The fourth-order valence-electron chi connectivity index (χ4n) is 1.70. The lowest BCUT2D eigenvalue weighted by Crippen LogP contribution is -2.32. The zero-order chi connectivity index (χ0) is 10.1. The van der Waals surface area contributed by atoms with E-state index in [-0.39, 0.29) is 11.9 Å². The lowest BCUT2D eigenvalue weighted by molar-refractivity contribution is 0.0781. The van der Waals surface area contributed by atoms with Gasteiger partial charge in [-0.25, -0.2) is 4.98 Å². The Balaban J connectivity index is 2.13. The van der Waals surface area contributed by atoms with Gasteiger partial charge in [-0.2, -0.15) is 0 Å². The van der Waals surface area contributed by atoms with Crippen molar-refractivity contribution in [2.75, 3.05) is 13.1 Å². The number of amides is 1. The molecular weight excluding hydrogens is 180 g/mol. The summed E-state index contributed by atoms with van der Waals surface area (Å²) in [6, 6.07) is 0.132. The first-order valence-electron chi connectivity index (χ1n) is 4.69. The zero-order valence-electron chi connectivity index (χ0n) is 8.18. The molecular formula is C9H14N4O. The van der Waals surface area contributed by atoms with Crippen LogP contribution in [0.2, 0.25) is 0 Å². The molecule has 1 aliphatic heterocycles. The van der Waals surface area contributed by atoms with Crippen LogP contribution in [-0.2, 0) is 7.05 Å². The molecule has 0 saturated carbocycles. The lowest BCUT2D eigenvalue weighted by Gasteiger charge is -2.15. The minimum absolute atomic E-state index is 0.0259. The van der Waals surface area contributed by atoms with Crippen molar-refractivity contribution in [2.24, 2.45) is 12.8 Å². The van der Waals surface area contributed by atoms with Crippen molar-refractivity contribution in [3.8, 4) is 0 Å². The number of hydrogen-bond donors (Lipinski definition) is 1. The van der Waals surface area contributed by atoms with Crippen LogP contribution in [0.1, 0.15) is 16.9 Å². The summed E-state index contributed by atoms with van der Waals surface area (Å²) in [6.45, 7) is 1.41. The van der Waals surface area contributed by atoms with Gasteiger partial charge < -0.3 is 15.2 Å². The summed E-state index contributed by atoms with van der Waals surface area (Å²) in [5.74, 6) is 0.0259. The Bertz CT molecular complexity index is 346. The van der Waals surface area contributed by atoms with Crippen molar-refractivity contribution in [2.45, 2.75) is 12.5 Å². The first kappa shape index (κ1) is 9.21. The Morgan fingerprint density at radius 2 is 2.50 bits per heavy atom. The molecule has 76 valence electrons. The van der Waals surface area contributed by atoms with Gasteiger partial charge in [0.05, 0.1) is 12.5 Å². The second kappa shape index (κ2) is 3.42. The van der Waals surface area contributed by atoms with E-state index in [4.69, 9.17) is 5.73 Å². The maximum atomic E-state index is 11.9. The normalized spacial score (nSPS) is 21.6. The van der Waals surface area contributed by atoms with Crippen molar-refractivity contribution < 1.29 is 4.79 Å². The molecule has 1 saturated heterocycles. The van der Waals surface area contributed by atoms with E-state index < -0.39 is 0 Å². The molecule has 1 atom stereocenters. The fourth-order valence-corrected chi connectivity index (χ4v) is 1.70.